The van der Waals surface area contributed by atoms with Crippen LogP contribution in [0.15, 0.2) is 113 Å². The van der Waals surface area contributed by atoms with Gasteiger partial charge in [0, 0.05) is 53.5 Å². The predicted octanol–water partition coefficient (Wildman–Crippen LogP) is 6.59. The molecule has 7 aromatic rings. The van der Waals surface area contributed by atoms with Crippen LogP contribution in [0.5, 0.6) is 11.6 Å². The lowest BCUT2D eigenvalue weighted by atomic mass is 9.92. The van der Waals surface area contributed by atoms with Crippen LogP contribution in [-0.2, 0) is 13.5 Å². The molecule has 1 aliphatic rings. The number of nitrogens with zero attached hydrogens (tertiary/aromatic N) is 5. The summed E-state index contributed by atoms with van der Waals surface area (Å²) >= 11 is 0. The first kappa shape index (κ1) is 30.5. The minimum Gasteiger partial charge on any atom is -0.438 e. The number of hydrogen-bond acceptors (Lipinski definition) is 9. The first-order valence-electron chi connectivity index (χ1n) is 15.9. The van der Waals surface area contributed by atoms with Crippen LogP contribution in [0, 0.1) is 0 Å². The minimum atomic E-state index is -0.625. The van der Waals surface area contributed by atoms with Crippen LogP contribution in [0.4, 0.5) is 11.4 Å². The number of carbonyl (C=O) groups excluding carboxylic acids is 2. The molecule has 0 aliphatic heterocycles. The highest BCUT2D eigenvalue weighted by Crippen LogP contribution is 2.44. The van der Waals surface area contributed by atoms with Crippen LogP contribution < -0.4 is 21.3 Å². The minimum absolute atomic E-state index is 0.0885. The second kappa shape index (κ2) is 12.3. The van der Waals surface area contributed by atoms with Crippen molar-refractivity contribution in [1.29, 1.82) is 0 Å². The summed E-state index contributed by atoms with van der Waals surface area (Å²) in [6.07, 6.45) is 6.48. The molecular weight excluding hydrogens is 634 g/mol. The molecule has 12 nitrogen and oxygen atoms in total. The number of nitrogens with one attached hydrogen (secondary N) is 1. The SMILES string of the molecule is Cn1cc(-c2oc3ncnc(Oc4ccc(NC(=O)c5cc6c(n(-c7ccccc7)c5=O)CCCC6=O)cc4)c3c2-c2cccc(N)c2)cn1. The van der Waals surface area contributed by atoms with Gasteiger partial charge in [-0.2, -0.15) is 5.10 Å². The molecule has 246 valence electrons. The lowest BCUT2D eigenvalue weighted by molar-refractivity contribution is 0.0971. The zero-order valence-electron chi connectivity index (χ0n) is 26.8. The van der Waals surface area contributed by atoms with E-state index in [0.29, 0.717) is 75.8 Å². The van der Waals surface area contributed by atoms with Crippen molar-refractivity contribution in [2.75, 3.05) is 11.1 Å². The Balaban J connectivity index is 1.11. The van der Waals surface area contributed by atoms with E-state index in [4.69, 9.17) is 14.9 Å². The van der Waals surface area contributed by atoms with E-state index in [-0.39, 0.29) is 17.2 Å². The van der Waals surface area contributed by atoms with Crippen molar-refractivity contribution in [3.63, 3.8) is 0 Å². The molecule has 0 saturated heterocycles. The Kier molecular flexibility index (Phi) is 7.52. The lowest BCUT2D eigenvalue weighted by Crippen LogP contribution is -2.33. The summed E-state index contributed by atoms with van der Waals surface area (Å²) in [7, 11) is 1.82. The van der Waals surface area contributed by atoms with Crippen LogP contribution in [0.2, 0.25) is 0 Å². The number of pyridine rings is 1. The van der Waals surface area contributed by atoms with Crippen molar-refractivity contribution in [2.45, 2.75) is 19.3 Å². The van der Waals surface area contributed by atoms with Crippen molar-refractivity contribution in [1.82, 2.24) is 24.3 Å². The number of nitrogens with two attached hydrogens (primary N) is 1. The molecule has 0 radical (unpaired) electrons. The van der Waals surface area contributed by atoms with Gasteiger partial charge in [-0.1, -0.05) is 30.3 Å². The van der Waals surface area contributed by atoms with Gasteiger partial charge in [-0.25, -0.2) is 9.97 Å². The summed E-state index contributed by atoms with van der Waals surface area (Å²) in [6.45, 7) is 0. The Labute approximate surface area is 284 Å². The van der Waals surface area contributed by atoms with Gasteiger partial charge < -0.3 is 20.2 Å². The molecule has 4 heterocycles. The molecule has 0 unspecified atom stereocenters. The van der Waals surface area contributed by atoms with Gasteiger partial charge in [-0.15, -0.1) is 0 Å². The number of carbonyl (C=O) groups is 2. The third kappa shape index (κ3) is 5.48. The number of Topliss-reactive ketones (excluding diaryl/α,β-unsaturated/α-hetero) is 1. The molecule has 12 heteroatoms. The summed E-state index contributed by atoms with van der Waals surface area (Å²) in [5.74, 6) is 0.506. The van der Waals surface area contributed by atoms with Gasteiger partial charge in [0.15, 0.2) is 5.78 Å². The number of para-hydroxylation sites is 1. The molecule has 3 N–H and O–H groups in total. The molecule has 3 aromatic carbocycles. The van der Waals surface area contributed by atoms with Crippen molar-refractivity contribution < 1.29 is 18.7 Å². The Morgan fingerprint density at radius 1 is 0.940 bits per heavy atom. The van der Waals surface area contributed by atoms with E-state index in [1.54, 1.807) is 53.3 Å². The molecule has 1 aliphatic carbocycles. The van der Waals surface area contributed by atoms with Gasteiger partial charge in [-0.05, 0) is 73.0 Å². The molecule has 0 fully saturated rings. The van der Waals surface area contributed by atoms with Crippen LogP contribution in [-0.4, -0.2) is 36.0 Å². The fraction of sp³-hybridized carbons (Fsp3) is 0.105. The quantitative estimate of drug-likeness (QED) is 0.179. The number of rotatable bonds is 7. The van der Waals surface area contributed by atoms with E-state index >= 15 is 0 Å². The van der Waals surface area contributed by atoms with Gasteiger partial charge in [0.1, 0.15) is 28.8 Å². The summed E-state index contributed by atoms with van der Waals surface area (Å²) in [5.41, 5.74) is 10.7. The summed E-state index contributed by atoms with van der Waals surface area (Å²) in [6, 6.07) is 24.5. The van der Waals surface area contributed by atoms with Gasteiger partial charge in [0.2, 0.25) is 11.6 Å². The Morgan fingerprint density at radius 2 is 1.76 bits per heavy atom. The Bertz CT molecular complexity index is 2500. The average molecular weight is 664 g/mol. The van der Waals surface area contributed by atoms with Gasteiger partial charge >= 0.3 is 0 Å². The maximum absolute atomic E-state index is 13.7. The molecule has 4 aromatic heterocycles. The largest absolute Gasteiger partial charge is 0.438 e. The molecule has 0 bridgehead atoms. The standard InChI is InChI=1S/C38H29N7O5/c1-44-20-23(19-42-44)34-32(22-7-5-8-24(39)17-22)33-36(40-21-41-37(33)50-34)49-27-15-13-25(14-16-27)43-35(47)29-18-28-30(11-6-12-31(28)46)45(38(29)48)26-9-3-2-4-10-26/h2-5,7-10,13-21H,6,11-12,39H2,1H3,(H,43,47). The number of ether oxygens (including phenoxy) is 1. The number of hydrogen-bond donors (Lipinski definition) is 2. The Hall–Kier alpha value is -6.82. The monoisotopic (exact) mass is 663 g/mol. The van der Waals surface area contributed by atoms with E-state index < -0.39 is 11.5 Å². The molecule has 8 rings (SSSR count). The van der Waals surface area contributed by atoms with Crippen LogP contribution in [0.1, 0.15) is 39.3 Å². The number of anilines is 2. The molecular formula is C38H29N7O5. The topological polar surface area (TPSA) is 160 Å². The second-order valence-corrected chi connectivity index (χ2v) is 11.9. The molecule has 0 saturated carbocycles. The Morgan fingerprint density at radius 3 is 2.52 bits per heavy atom. The van der Waals surface area contributed by atoms with Crippen LogP contribution in [0.25, 0.3) is 39.2 Å². The highest BCUT2D eigenvalue weighted by molar-refractivity contribution is 6.07. The lowest BCUT2D eigenvalue weighted by Gasteiger charge is -2.21. The molecule has 0 spiro atoms. The summed E-state index contributed by atoms with van der Waals surface area (Å²) in [5, 5.41) is 7.65. The zero-order chi connectivity index (χ0) is 34.4. The normalized spacial score (nSPS) is 12.5. The fourth-order valence-corrected chi connectivity index (χ4v) is 6.32. The predicted molar refractivity (Wildman–Crippen MR) is 188 cm³/mol. The van der Waals surface area contributed by atoms with Crippen molar-refractivity contribution in [3.8, 4) is 39.8 Å². The number of ketones is 1. The van der Waals surface area contributed by atoms with Crippen molar-refractivity contribution in [2.24, 2.45) is 7.05 Å². The van der Waals surface area contributed by atoms with E-state index in [0.717, 1.165) is 11.1 Å². The molecule has 0 atom stereocenters. The highest BCUT2D eigenvalue weighted by atomic mass is 16.5. The van der Waals surface area contributed by atoms with E-state index in [1.165, 1.54) is 17.0 Å². The smallest absolute Gasteiger partial charge is 0.268 e. The fourth-order valence-electron chi connectivity index (χ4n) is 6.32. The van der Waals surface area contributed by atoms with E-state index in [9.17, 15) is 14.4 Å². The number of aromatic nitrogens is 5. The molecule has 1 amide bonds. The number of benzene rings is 3. The number of fused-ring (bicyclic) bond motifs is 2. The molecule has 50 heavy (non-hydrogen) atoms. The maximum atomic E-state index is 13.7. The van der Waals surface area contributed by atoms with Gasteiger partial charge in [0.25, 0.3) is 11.5 Å². The maximum Gasteiger partial charge on any atom is 0.268 e. The van der Waals surface area contributed by atoms with Crippen molar-refractivity contribution in [3.05, 3.63) is 131 Å². The number of aryl methyl sites for hydroxylation is 1. The third-order valence-corrected chi connectivity index (χ3v) is 8.60. The van der Waals surface area contributed by atoms with E-state index in [1.807, 2.05) is 49.6 Å². The van der Waals surface area contributed by atoms with Crippen LogP contribution >= 0.6 is 0 Å². The van der Waals surface area contributed by atoms with Gasteiger partial charge in [-0.3, -0.25) is 23.6 Å². The summed E-state index contributed by atoms with van der Waals surface area (Å²) < 4.78 is 15.7. The van der Waals surface area contributed by atoms with Gasteiger partial charge in [0.05, 0.1) is 11.8 Å². The first-order valence-corrected chi connectivity index (χ1v) is 15.9. The second-order valence-electron chi connectivity index (χ2n) is 11.9. The number of nitrogen functional groups attached to an aromatic ring is 1. The number of amides is 1. The van der Waals surface area contributed by atoms with Crippen LogP contribution in [0.3, 0.4) is 0 Å². The zero-order valence-corrected chi connectivity index (χ0v) is 26.8. The van der Waals surface area contributed by atoms with E-state index in [2.05, 4.69) is 20.4 Å². The average Bonchev–Trinajstić information content (AvgIpc) is 3.73. The highest BCUT2D eigenvalue weighted by Gasteiger charge is 2.27. The number of furan rings is 1. The summed E-state index contributed by atoms with van der Waals surface area (Å²) in [4.78, 5) is 49.0. The third-order valence-electron chi connectivity index (χ3n) is 8.60. The van der Waals surface area contributed by atoms with Crippen molar-refractivity contribution >= 4 is 34.2 Å². The first-order chi connectivity index (χ1) is 24.3.